The van der Waals surface area contributed by atoms with Gasteiger partial charge in [-0.25, -0.2) is 14.6 Å². The number of alkyl carbamates (subject to hydrolysis) is 1. The van der Waals surface area contributed by atoms with Gasteiger partial charge in [0.2, 0.25) is 5.91 Å². The fourth-order valence-corrected chi connectivity index (χ4v) is 4.00. The monoisotopic (exact) mass is 484 g/mol. The number of amides is 2. The third kappa shape index (κ3) is 5.29. The lowest BCUT2D eigenvalue weighted by atomic mass is 9.98. The number of fused-ring (bicyclic) bond motifs is 3. The van der Waals surface area contributed by atoms with Gasteiger partial charge in [0.25, 0.3) is 0 Å². The number of ether oxygens (including phenoxy) is 1. The third-order valence-electron chi connectivity index (χ3n) is 5.73. The van der Waals surface area contributed by atoms with Crippen LogP contribution in [0.4, 0.5) is 13.6 Å². The summed E-state index contributed by atoms with van der Waals surface area (Å²) >= 11 is 0. The highest BCUT2D eigenvalue weighted by Crippen LogP contribution is 2.44. The number of hydrogen-bond donors (Lipinski definition) is 4. The number of aliphatic carboxylic acids is 1. The molecule has 35 heavy (non-hydrogen) atoms. The molecule has 0 saturated carbocycles. The number of carbonyl (C=O) groups is 3. The van der Waals surface area contributed by atoms with Crippen molar-refractivity contribution in [2.75, 3.05) is 13.2 Å². The molecular formula is C24H22F2N4O5. The molecular weight excluding hydrogens is 462 g/mol. The summed E-state index contributed by atoms with van der Waals surface area (Å²) in [7, 11) is 0. The lowest BCUT2D eigenvalue weighted by Crippen LogP contribution is -2.51. The zero-order valence-corrected chi connectivity index (χ0v) is 18.3. The summed E-state index contributed by atoms with van der Waals surface area (Å²) in [4.78, 5) is 42.3. The molecule has 0 bridgehead atoms. The van der Waals surface area contributed by atoms with E-state index in [0.29, 0.717) is 5.69 Å². The Morgan fingerprint density at radius 3 is 2.29 bits per heavy atom. The number of benzene rings is 2. The molecule has 1 aliphatic carbocycles. The van der Waals surface area contributed by atoms with Crippen LogP contribution in [0.15, 0.2) is 61.1 Å². The average molecular weight is 484 g/mol. The molecule has 1 aromatic heterocycles. The zero-order chi connectivity index (χ0) is 25.0. The Kier molecular flexibility index (Phi) is 6.76. The van der Waals surface area contributed by atoms with E-state index >= 15 is 0 Å². The van der Waals surface area contributed by atoms with E-state index in [1.807, 2.05) is 53.8 Å². The molecule has 0 radical (unpaired) electrons. The van der Waals surface area contributed by atoms with Crippen LogP contribution in [0.25, 0.3) is 11.1 Å². The van der Waals surface area contributed by atoms with Gasteiger partial charge in [0, 0.05) is 24.2 Å². The Morgan fingerprint density at radius 1 is 1.09 bits per heavy atom. The third-order valence-corrected chi connectivity index (χ3v) is 5.73. The number of imidazole rings is 1. The van der Waals surface area contributed by atoms with E-state index < -0.39 is 36.5 Å². The summed E-state index contributed by atoms with van der Waals surface area (Å²) < 4.78 is 32.2. The van der Waals surface area contributed by atoms with Crippen molar-refractivity contribution in [1.29, 1.82) is 0 Å². The molecule has 0 spiro atoms. The van der Waals surface area contributed by atoms with Crippen LogP contribution in [0.2, 0.25) is 0 Å². The molecule has 9 nitrogen and oxygen atoms in total. The number of carboxylic acid groups (broad SMARTS) is 1. The molecule has 2 aromatic carbocycles. The lowest BCUT2D eigenvalue weighted by Gasteiger charge is -2.20. The molecule has 1 atom stereocenters. The van der Waals surface area contributed by atoms with Crippen molar-refractivity contribution >= 4 is 18.0 Å². The van der Waals surface area contributed by atoms with Gasteiger partial charge in [-0.3, -0.25) is 4.79 Å². The molecule has 4 rings (SSSR count). The highest BCUT2D eigenvalue weighted by Gasteiger charge is 2.40. The second-order valence-corrected chi connectivity index (χ2v) is 8.03. The minimum absolute atomic E-state index is 0.00462. The van der Waals surface area contributed by atoms with Crippen LogP contribution >= 0.6 is 0 Å². The van der Waals surface area contributed by atoms with Gasteiger partial charge < -0.3 is 25.5 Å². The SMILES string of the molecule is O=C(NC(Cc1cnc[nH]1)C(=O)NCC(F)(F)C(=O)O)OCC1c2ccccc2-c2ccccc21. The van der Waals surface area contributed by atoms with Crippen molar-refractivity contribution in [3.05, 3.63) is 77.9 Å². The smallest absolute Gasteiger partial charge is 0.407 e. The summed E-state index contributed by atoms with van der Waals surface area (Å²) in [6, 6.07) is 14.2. The van der Waals surface area contributed by atoms with Gasteiger partial charge in [-0.05, 0) is 22.3 Å². The Labute approximate surface area is 198 Å². The zero-order valence-electron chi connectivity index (χ0n) is 18.3. The molecule has 2 amide bonds. The number of nitrogens with one attached hydrogen (secondary N) is 3. The number of aromatic nitrogens is 2. The summed E-state index contributed by atoms with van der Waals surface area (Å²) in [5.41, 5.74) is 4.56. The van der Waals surface area contributed by atoms with E-state index in [-0.39, 0.29) is 18.9 Å². The molecule has 0 saturated heterocycles. The van der Waals surface area contributed by atoms with Crippen LogP contribution in [-0.2, 0) is 20.7 Å². The second-order valence-electron chi connectivity index (χ2n) is 8.03. The van der Waals surface area contributed by atoms with Gasteiger partial charge in [-0.2, -0.15) is 8.78 Å². The number of halogens is 2. The van der Waals surface area contributed by atoms with Crippen LogP contribution in [-0.4, -0.2) is 58.2 Å². The van der Waals surface area contributed by atoms with Crippen LogP contribution in [0.1, 0.15) is 22.7 Å². The number of carboxylic acids is 1. The Hall–Kier alpha value is -4.28. The van der Waals surface area contributed by atoms with E-state index in [1.165, 1.54) is 12.5 Å². The fraction of sp³-hybridized carbons (Fsp3) is 0.250. The molecule has 1 aliphatic rings. The number of aromatic amines is 1. The van der Waals surface area contributed by atoms with Gasteiger partial charge in [0.15, 0.2) is 0 Å². The first kappa shape index (κ1) is 23.9. The largest absolute Gasteiger partial charge is 0.477 e. The lowest BCUT2D eigenvalue weighted by molar-refractivity contribution is -0.164. The Morgan fingerprint density at radius 2 is 1.71 bits per heavy atom. The van der Waals surface area contributed by atoms with Crippen LogP contribution in [0, 0.1) is 0 Å². The summed E-state index contributed by atoms with van der Waals surface area (Å²) in [6.45, 7) is -1.43. The van der Waals surface area contributed by atoms with Crippen molar-refractivity contribution in [1.82, 2.24) is 20.6 Å². The van der Waals surface area contributed by atoms with E-state index in [2.05, 4.69) is 15.3 Å². The molecule has 182 valence electrons. The van der Waals surface area contributed by atoms with Crippen molar-refractivity contribution in [3.8, 4) is 11.1 Å². The maximum absolute atomic E-state index is 13.4. The fourth-order valence-electron chi connectivity index (χ4n) is 4.00. The topological polar surface area (TPSA) is 133 Å². The van der Waals surface area contributed by atoms with Crippen molar-refractivity contribution in [3.63, 3.8) is 0 Å². The minimum Gasteiger partial charge on any atom is -0.477 e. The number of H-pyrrole nitrogens is 1. The van der Waals surface area contributed by atoms with E-state index in [1.54, 1.807) is 0 Å². The summed E-state index contributed by atoms with van der Waals surface area (Å²) in [5, 5.41) is 12.8. The number of rotatable bonds is 9. The predicted octanol–water partition coefficient (Wildman–Crippen LogP) is 2.70. The maximum Gasteiger partial charge on any atom is 0.407 e. The molecule has 3 aromatic rings. The van der Waals surface area contributed by atoms with Crippen molar-refractivity contribution < 1.29 is 33.0 Å². The molecule has 0 aliphatic heterocycles. The Bertz CT molecular complexity index is 1190. The summed E-state index contributed by atoms with van der Waals surface area (Å²) in [6.07, 6.45) is 1.74. The highest BCUT2D eigenvalue weighted by molar-refractivity contribution is 5.87. The Balaban J connectivity index is 1.43. The second kappa shape index (κ2) is 9.92. The number of hydrogen-bond acceptors (Lipinski definition) is 5. The van der Waals surface area contributed by atoms with Gasteiger partial charge >= 0.3 is 18.0 Å². The quantitative estimate of drug-likeness (QED) is 0.369. The first-order valence-electron chi connectivity index (χ1n) is 10.7. The van der Waals surface area contributed by atoms with E-state index in [9.17, 15) is 23.2 Å². The molecule has 1 heterocycles. The molecule has 1 unspecified atom stereocenters. The normalized spacial score (nSPS) is 13.4. The maximum atomic E-state index is 13.4. The molecule has 0 fully saturated rings. The van der Waals surface area contributed by atoms with Gasteiger partial charge in [-0.15, -0.1) is 0 Å². The van der Waals surface area contributed by atoms with Crippen molar-refractivity contribution in [2.24, 2.45) is 0 Å². The molecule has 4 N–H and O–H groups in total. The van der Waals surface area contributed by atoms with Gasteiger partial charge in [-0.1, -0.05) is 48.5 Å². The average Bonchev–Trinajstić information content (AvgIpc) is 3.47. The predicted molar refractivity (Wildman–Crippen MR) is 120 cm³/mol. The van der Waals surface area contributed by atoms with Crippen molar-refractivity contribution in [2.45, 2.75) is 24.3 Å². The van der Waals surface area contributed by atoms with Crippen LogP contribution in [0.5, 0.6) is 0 Å². The first-order chi connectivity index (χ1) is 16.8. The number of alkyl halides is 2. The number of nitrogens with zero attached hydrogens (tertiary/aromatic N) is 1. The minimum atomic E-state index is -4.15. The van der Waals surface area contributed by atoms with E-state index in [4.69, 9.17) is 9.84 Å². The van der Waals surface area contributed by atoms with Crippen LogP contribution in [0.3, 0.4) is 0 Å². The summed E-state index contributed by atoms with van der Waals surface area (Å²) in [5.74, 6) is -7.72. The standard InChI is InChI=1S/C24H22F2N4O5/c25-24(26,22(32)33)12-28-21(31)20(9-14-10-27-13-29-14)30-23(34)35-11-19-17-7-3-1-5-15(17)16-6-2-4-8-18(16)19/h1-8,10,13,19-20H,9,11-12H2,(H,27,29)(H,28,31)(H,30,34)(H,32,33). The highest BCUT2D eigenvalue weighted by atomic mass is 19.3. The molecule has 11 heteroatoms. The first-order valence-corrected chi connectivity index (χ1v) is 10.7. The van der Waals surface area contributed by atoms with Gasteiger partial charge in [0.1, 0.15) is 12.6 Å². The van der Waals surface area contributed by atoms with Gasteiger partial charge in [0.05, 0.1) is 12.9 Å². The van der Waals surface area contributed by atoms with E-state index in [0.717, 1.165) is 22.3 Å². The number of carbonyl (C=O) groups excluding carboxylic acids is 2. The van der Waals surface area contributed by atoms with Crippen LogP contribution < -0.4 is 10.6 Å².